The number of nitrogens with zero attached hydrogens (tertiary/aromatic N) is 3. The fourth-order valence-corrected chi connectivity index (χ4v) is 3.35. The van der Waals surface area contributed by atoms with Crippen LogP contribution in [0.1, 0.15) is 5.56 Å². The highest BCUT2D eigenvalue weighted by Crippen LogP contribution is 2.26. The summed E-state index contributed by atoms with van der Waals surface area (Å²) in [5, 5.41) is 4.14. The number of ether oxygens (including phenoxy) is 2. The molecule has 1 aromatic carbocycles. The standard InChI is InChI=1S/C20H30N4O3/c1-22(2)8-6-16-15-24(19-14-17(26-3)4-5-18(16)19)20(25)21-7-9-23-10-12-27-13-11-23/h4-5,14-15H,6-13H2,1-3H3,(H,21,25). The van der Waals surface area contributed by atoms with E-state index in [0.717, 1.165) is 62.5 Å². The monoisotopic (exact) mass is 374 g/mol. The molecule has 0 spiro atoms. The van der Waals surface area contributed by atoms with Crippen LogP contribution in [0.2, 0.25) is 0 Å². The highest BCUT2D eigenvalue weighted by molar-refractivity contribution is 5.94. The zero-order valence-electron chi connectivity index (χ0n) is 16.5. The van der Waals surface area contributed by atoms with Crippen molar-refractivity contribution in [1.82, 2.24) is 19.7 Å². The smallest absolute Gasteiger partial charge is 0.326 e. The van der Waals surface area contributed by atoms with Crippen LogP contribution in [0.4, 0.5) is 4.79 Å². The van der Waals surface area contributed by atoms with E-state index < -0.39 is 0 Å². The zero-order chi connectivity index (χ0) is 19.2. The minimum Gasteiger partial charge on any atom is -0.497 e. The van der Waals surface area contributed by atoms with Gasteiger partial charge in [-0.1, -0.05) is 0 Å². The molecular weight excluding hydrogens is 344 g/mol. The van der Waals surface area contributed by atoms with Crippen molar-refractivity contribution in [3.63, 3.8) is 0 Å². The zero-order valence-corrected chi connectivity index (χ0v) is 16.5. The fourth-order valence-electron chi connectivity index (χ4n) is 3.35. The topological polar surface area (TPSA) is 59.0 Å². The van der Waals surface area contributed by atoms with Gasteiger partial charge < -0.3 is 19.7 Å². The van der Waals surface area contributed by atoms with Gasteiger partial charge in [-0.25, -0.2) is 4.79 Å². The molecule has 0 bridgehead atoms. The number of fused-ring (bicyclic) bond motifs is 1. The van der Waals surface area contributed by atoms with Gasteiger partial charge in [-0.05, 0) is 38.2 Å². The number of carbonyl (C=O) groups is 1. The minimum atomic E-state index is -0.0994. The molecule has 2 aromatic rings. The Kier molecular flexibility index (Phi) is 6.71. The highest BCUT2D eigenvalue weighted by atomic mass is 16.5. The number of morpholine rings is 1. The van der Waals surface area contributed by atoms with Gasteiger partial charge in [0, 0.05) is 50.4 Å². The largest absolute Gasteiger partial charge is 0.497 e. The van der Waals surface area contributed by atoms with Crippen LogP contribution in [-0.2, 0) is 11.2 Å². The first-order chi connectivity index (χ1) is 13.1. The summed E-state index contributed by atoms with van der Waals surface area (Å²) in [5.41, 5.74) is 2.05. The number of rotatable bonds is 7. The molecular formula is C20H30N4O3. The molecule has 0 radical (unpaired) electrons. The van der Waals surface area contributed by atoms with Crippen molar-refractivity contribution in [3.05, 3.63) is 30.0 Å². The number of hydrogen-bond donors (Lipinski definition) is 1. The number of amides is 1. The van der Waals surface area contributed by atoms with Crippen LogP contribution in [-0.4, -0.2) is 87.5 Å². The van der Waals surface area contributed by atoms with E-state index in [-0.39, 0.29) is 6.03 Å². The van der Waals surface area contributed by atoms with Crippen molar-refractivity contribution in [2.75, 3.05) is 67.1 Å². The lowest BCUT2D eigenvalue weighted by Crippen LogP contribution is -2.42. The maximum atomic E-state index is 12.8. The van der Waals surface area contributed by atoms with Crippen molar-refractivity contribution in [3.8, 4) is 5.75 Å². The third-order valence-corrected chi connectivity index (χ3v) is 4.95. The average Bonchev–Trinajstić information content (AvgIpc) is 3.05. The first-order valence-corrected chi connectivity index (χ1v) is 9.49. The van der Waals surface area contributed by atoms with Crippen LogP contribution >= 0.6 is 0 Å². The quantitative estimate of drug-likeness (QED) is 0.799. The van der Waals surface area contributed by atoms with Gasteiger partial charge >= 0.3 is 6.03 Å². The van der Waals surface area contributed by atoms with Crippen LogP contribution in [0.15, 0.2) is 24.4 Å². The lowest BCUT2D eigenvalue weighted by atomic mass is 10.1. The molecule has 0 aliphatic carbocycles. The third kappa shape index (κ3) is 5.00. The molecule has 1 aliphatic rings. The second kappa shape index (κ2) is 9.21. The predicted octanol–water partition coefficient (Wildman–Crippen LogP) is 1.64. The summed E-state index contributed by atoms with van der Waals surface area (Å²) in [5.74, 6) is 0.752. The van der Waals surface area contributed by atoms with E-state index >= 15 is 0 Å². The normalized spacial score (nSPS) is 15.4. The number of likely N-dealkylation sites (N-methyl/N-ethyl adjacent to an activating group) is 1. The van der Waals surface area contributed by atoms with E-state index in [0.29, 0.717) is 6.54 Å². The number of nitrogens with one attached hydrogen (secondary N) is 1. The van der Waals surface area contributed by atoms with Crippen molar-refractivity contribution < 1.29 is 14.3 Å². The molecule has 0 atom stereocenters. The molecule has 7 nitrogen and oxygen atoms in total. The predicted molar refractivity (Wildman–Crippen MR) is 107 cm³/mol. The van der Waals surface area contributed by atoms with Crippen molar-refractivity contribution in [1.29, 1.82) is 0 Å². The lowest BCUT2D eigenvalue weighted by molar-refractivity contribution is 0.0387. The summed E-state index contributed by atoms with van der Waals surface area (Å²) in [4.78, 5) is 17.3. The maximum Gasteiger partial charge on any atom is 0.326 e. The summed E-state index contributed by atoms with van der Waals surface area (Å²) in [7, 11) is 5.75. The SMILES string of the molecule is COc1ccc2c(CCN(C)C)cn(C(=O)NCCN3CCOCC3)c2c1. The Morgan fingerprint density at radius 3 is 2.78 bits per heavy atom. The highest BCUT2D eigenvalue weighted by Gasteiger charge is 2.15. The lowest BCUT2D eigenvalue weighted by Gasteiger charge is -2.26. The van der Waals surface area contributed by atoms with Crippen molar-refractivity contribution in [2.24, 2.45) is 0 Å². The molecule has 2 heterocycles. The van der Waals surface area contributed by atoms with Gasteiger partial charge in [-0.3, -0.25) is 9.47 Å². The Morgan fingerprint density at radius 2 is 2.07 bits per heavy atom. The molecule has 1 fully saturated rings. The van der Waals surface area contributed by atoms with Crippen LogP contribution in [0.25, 0.3) is 10.9 Å². The second-order valence-corrected chi connectivity index (χ2v) is 7.15. The van der Waals surface area contributed by atoms with Crippen molar-refractivity contribution in [2.45, 2.75) is 6.42 Å². The number of hydrogen-bond acceptors (Lipinski definition) is 5. The van der Waals surface area contributed by atoms with Crippen LogP contribution in [0.5, 0.6) is 5.75 Å². The number of methoxy groups -OCH3 is 1. The van der Waals surface area contributed by atoms with E-state index in [2.05, 4.69) is 29.2 Å². The molecule has 1 N–H and O–H groups in total. The fraction of sp³-hybridized carbons (Fsp3) is 0.550. The molecule has 1 amide bonds. The van der Waals surface area contributed by atoms with E-state index in [1.54, 1.807) is 11.7 Å². The Morgan fingerprint density at radius 1 is 1.30 bits per heavy atom. The van der Waals surface area contributed by atoms with E-state index in [1.165, 1.54) is 5.56 Å². The molecule has 3 rings (SSSR count). The number of aromatic nitrogens is 1. The summed E-state index contributed by atoms with van der Waals surface area (Å²) < 4.78 is 12.4. The van der Waals surface area contributed by atoms with Crippen LogP contribution in [0.3, 0.4) is 0 Å². The molecule has 7 heteroatoms. The van der Waals surface area contributed by atoms with Gasteiger partial charge in [0.2, 0.25) is 0 Å². The molecule has 1 saturated heterocycles. The van der Waals surface area contributed by atoms with Gasteiger partial charge in [-0.2, -0.15) is 0 Å². The first-order valence-electron chi connectivity index (χ1n) is 9.49. The molecule has 27 heavy (non-hydrogen) atoms. The van der Waals surface area contributed by atoms with Gasteiger partial charge in [0.05, 0.1) is 25.8 Å². The minimum absolute atomic E-state index is 0.0994. The second-order valence-electron chi connectivity index (χ2n) is 7.15. The molecule has 148 valence electrons. The Labute approximate surface area is 160 Å². The van der Waals surface area contributed by atoms with Gasteiger partial charge in [0.15, 0.2) is 0 Å². The van der Waals surface area contributed by atoms with Gasteiger partial charge in [-0.15, -0.1) is 0 Å². The Bertz CT molecular complexity index is 766. The summed E-state index contributed by atoms with van der Waals surface area (Å²) in [6.07, 6.45) is 2.85. The molecule has 1 aromatic heterocycles. The first kappa shape index (κ1) is 19.7. The Balaban J connectivity index is 1.73. The average molecular weight is 374 g/mol. The number of carbonyl (C=O) groups excluding carboxylic acids is 1. The maximum absolute atomic E-state index is 12.8. The van der Waals surface area contributed by atoms with E-state index in [1.807, 2.05) is 24.4 Å². The summed E-state index contributed by atoms with van der Waals surface area (Å²) >= 11 is 0. The molecule has 0 unspecified atom stereocenters. The summed E-state index contributed by atoms with van der Waals surface area (Å²) in [6.45, 7) is 5.78. The number of benzene rings is 1. The van der Waals surface area contributed by atoms with Crippen LogP contribution < -0.4 is 10.1 Å². The van der Waals surface area contributed by atoms with Crippen LogP contribution in [0, 0.1) is 0 Å². The van der Waals surface area contributed by atoms with E-state index in [9.17, 15) is 4.79 Å². The van der Waals surface area contributed by atoms with Crippen molar-refractivity contribution >= 4 is 16.9 Å². The van der Waals surface area contributed by atoms with Gasteiger partial charge in [0.1, 0.15) is 5.75 Å². The van der Waals surface area contributed by atoms with E-state index in [4.69, 9.17) is 9.47 Å². The third-order valence-electron chi connectivity index (χ3n) is 4.95. The molecule has 0 saturated carbocycles. The summed E-state index contributed by atoms with van der Waals surface area (Å²) in [6, 6.07) is 5.81. The Hall–Kier alpha value is -2.09. The molecule has 1 aliphatic heterocycles. The van der Waals surface area contributed by atoms with Gasteiger partial charge in [0.25, 0.3) is 0 Å².